The van der Waals surface area contributed by atoms with Gasteiger partial charge in [0, 0.05) is 11.2 Å². The topological polar surface area (TPSA) is 41.8 Å². The Morgan fingerprint density at radius 3 is 3.00 bits per heavy atom. The summed E-state index contributed by atoms with van der Waals surface area (Å²) >= 11 is 5.86. The molecule has 0 spiro atoms. The molecule has 0 saturated heterocycles. The van der Waals surface area contributed by atoms with Crippen molar-refractivity contribution in [1.82, 2.24) is 9.97 Å². The van der Waals surface area contributed by atoms with Crippen molar-refractivity contribution in [2.75, 3.05) is 0 Å². The van der Waals surface area contributed by atoms with Gasteiger partial charge in [-0.3, -0.25) is 0 Å². The average molecular weight is 219 g/mol. The van der Waals surface area contributed by atoms with E-state index in [0.29, 0.717) is 10.9 Å². The number of fused-ring (bicyclic) bond motifs is 1. The molecule has 3 nitrogen and oxygen atoms in total. The number of nitrogens with zero attached hydrogens (tertiary/aromatic N) is 1. The number of halogens is 1. The third-order valence-electron chi connectivity index (χ3n) is 2.18. The van der Waals surface area contributed by atoms with Crippen LogP contribution < -0.4 is 0 Å². The minimum absolute atomic E-state index is 0.581. The van der Waals surface area contributed by atoms with Crippen LogP contribution in [0.25, 0.3) is 22.7 Å². The van der Waals surface area contributed by atoms with Gasteiger partial charge in [-0.1, -0.05) is 11.6 Å². The van der Waals surface area contributed by atoms with Gasteiger partial charge in [-0.25, -0.2) is 4.98 Å². The number of aromatic nitrogens is 2. The van der Waals surface area contributed by atoms with E-state index in [1.807, 2.05) is 24.4 Å². The molecule has 0 radical (unpaired) electrons. The highest BCUT2D eigenvalue weighted by atomic mass is 35.5. The molecule has 0 aliphatic heterocycles. The van der Waals surface area contributed by atoms with Crippen LogP contribution in [0.3, 0.4) is 0 Å². The zero-order valence-corrected chi connectivity index (χ0v) is 8.45. The summed E-state index contributed by atoms with van der Waals surface area (Å²) in [7, 11) is 0. The molecule has 1 N–H and O–H groups in total. The second-order valence-corrected chi connectivity index (χ2v) is 3.65. The Hall–Kier alpha value is -1.74. The summed E-state index contributed by atoms with van der Waals surface area (Å²) in [6, 6.07) is 9.20. The van der Waals surface area contributed by atoms with Crippen molar-refractivity contribution in [3.8, 4) is 11.6 Å². The second-order valence-electron chi connectivity index (χ2n) is 3.21. The van der Waals surface area contributed by atoms with Crippen molar-refractivity contribution >= 4 is 22.7 Å². The first-order valence-electron chi connectivity index (χ1n) is 4.53. The molecule has 4 heteroatoms. The summed E-state index contributed by atoms with van der Waals surface area (Å²) in [6.45, 7) is 0. The Kier molecular flexibility index (Phi) is 1.79. The number of benzene rings is 1. The lowest BCUT2D eigenvalue weighted by atomic mass is 10.3. The second kappa shape index (κ2) is 3.14. The molecule has 3 aromatic rings. The van der Waals surface area contributed by atoms with E-state index in [0.717, 1.165) is 16.8 Å². The average Bonchev–Trinajstić information content (AvgIpc) is 2.84. The Morgan fingerprint density at radius 1 is 1.27 bits per heavy atom. The number of hydrogen-bond acceptors (Lipinski definition) is 2. The van der Waals surface area contributed by atoms with Crippen LogP contribution in [0.2, 0.25) is 5.02 Å². The molecule has 0 aliphatic rings. The van der Waals surface area contributed by atoms with Crippen molar-refractivity contribution in [3.63, 3.8) is 0 Å². The lowest BCUT2D eigenvalue weighted by Gasteiger charge is -1.86. The molecule has 3 rings (SSSR count). The maximum absolute atomic E-state index is 5.86. The molecule has 74 valence electrons. The van der Waals surface area contributed by atoms with Crippen molar-refractivity contribution in [2.24, 2.45) is 0 Å². The number of aromatic amines is 1. The van der Waals surface area contributed by atoms with Crippen LogP contribution in [0.5, 0.6) is 0 Å². The van der Waals surface area contributed by atoms with E-state index in [-0.39, 0.29) is 0 Å². The largest absolute Gasteiger partial charge is 0.435 e. The number of oxazole rings is 1. The van der Waals surface area contributed by atoms with Crippen molar-refractivity contribution in [3.05, 3.63) is 41.6 Å². The predicted molar refractivity (Wildman–Crippen MR) is 58.8 cm³/mol. The molecule has 0 aliphatic carbocycles. The van der Waals surface area contributed by atoms with Crippen LogP contribution in [-0.2, 0) is 0 Å². The van der Waals surface area contributed by atoms with Crippen LogP contribution >= 0.6 is 11.6 Å². The first kappa shape index (κ1) is 8.56. The van der Waals surface area contributed by atoms with Gasteiger partial charge < -0.3 is 9.40 Å². The number of H-pyrrole nitrogens is 1. The minimum atomic E-state index is 0.581. The standard InChI is InChI=1S/C11H7ClN2O/c12-7-3-4-10-9(6-7)14-11(15-10)8-2-1-5-13-8/h1-6,13H. The zero-order chi connectivity index (χ0) is 10.3. The smallest absolute Gasteiger partial charge is 0.244 e. The summed E-state index contributed by atoms with van der Waals surface area (Å²) in [6.07, 6.45) is 1.83. The molecule has 2 aromatic heterocycles. The fourth-order valence-corrected chi connectivity index (χ4v) is 1.65. The van der Waals surface area contributed by atoms with E-state index in [4.69, 9.17) is 16.0 Å². The van der Waals surface area contributed by atoms with E-state index in [2.05, 4.69) is 9.97 Å². The summed E-state index contributed by atoms with van der Waals surface area (Å²) in [5.41, 5.74) is 2.37. The Morgan fingerprint density at radius 2 is 2.20 bits per heavy atom. The quantitative estimate of drug-likeness (QED) is 0.680. The minimum Gasteiger partial charge on any atom is -0.435 e. The van der Waals surface area contributed by atoms with Gasteiger partial charge in [-0.05, 0) is 30.3 Å². The zero-order valence-electron chi connectivity index (χ0n) is 7.70. The van der Waals surface area contributed by atoms with Gasteiger partial charge in [0.2, 0.25) is 5.89 Å². The van der Waals surface area contributed by atoms with Gasteiger partial charge >= 0.3 is 0 Å². The van der Waals surface area contributed by atoms with Crippen molar-refractivity contribution in [1.29, 1.82) is 0 Å². The highest BCUT2D eigenvalue weighted by molar-refractivity contribution is 6.31. The maximum atomic E-state index is 5.86. The third-order valence-corrected chi connectivity index (χ3v) is 2.41. The van der Waals surface area contributed by atoms with E-state index in [1.165, 1.54) is 0 Å². The molecule has 2 heterocycles. The molecule has 1 aromatic carbocycles. The third kappa shape index (κ3) is 1.41. The number of rotatable bonds is 1. The molecule has 0 unspecified atom stereocenters. The lowest BCUT2D eigenvalue weighted by Crippen LogP contribution is -1.74. The highest BCUT2D eigenvalue weighted by Gasteiger charge is 2.08. The van der Waals surface area contributed by atoms with E-state index >= 15 is 0 Å². The highest BCUT2D eigenvalue weighted by Crippen LogP contribution is 2.24. The SMILES string of the molecule is Clc1ccc2oc(-c3ccc[nH]3)nc2c1. The first-order valence-corrected chi connectivity index (χ1v) is 4.90. The first-order chi connectivity index (χ1) is 7.33. The van der Waals surface area contributed by atoms with Crippen molar-refractivity contribution < 1.29 is 4.42 Å². The van der Waals surface area contributed by atoms with Crippen molar-refractivity contribution in [2.45, 2.75) is 0 Å². The Bertz CT molecular complexity index is 598. The van der Waals surface area contributed by atoms with Crippen LogP contribution in [0.1, 0.15) is 0 Å². The van der Waals surface area contributed by atoms with Gasteiger partial charge in [-0.2, -0.15) is 0 Å². The Balaban J connectivity index is 2.22. The van der Waals surface area contributed by atoms with Crippen LogP contribution in [0.4, 0.5) is 0 Å². The number of hydrogen-bond donors (Lipinski definition) is 1. The van der Waals surface area contributed by atoms with Gasteiger partial charge in [0.25, 0.3) is 0 Å². The van der Waals surface area contributed by atoms with Gasteiger partial charge in [0.15, 0.2) is 5.58 Å². The molecule has 0 saturated carbocycles. The molecule has 0 atom stereocenters. The molecule has 0 fully saturated rings. The molecule has 0 bridgehead atoms. The lowest BCUT2D eigenvalue weighted by molar-refractivity contribution is 0.617. The summed E-state index contributed by atoms with van der Waals surface area (Å²) in [5, 5.41) is 0.661. The predicted octanol–water partition coefficient (Wildman–Crippen LogP) is 3.48. The molecule has 15 heavy (non-hydrogen) atoms. The van der Waals surface area contributed by atoms with E-state index < -0.39 is 0 Å². The van der Waals surface area contributed by atoms with E-state index in [1.54, 1.807) is 12.1 Å². The molecular weight excluding hydrogens is 212 g/mol. The summed E-state index contributed by atoms with van der Waals surface area (Å²) in [4.78, 5) is 7.37. The fraction of sp³-hybridized carbons (Fsp3) is 0. The summed E-state index contributed by atoms with van der Waals surface area (Å²) in [5.74, 6) is 0.581. The monoisotopic (exact) mass is 218 g/mol. The molecule has 0 amide bonds. The van der Waals surface area contributed by atoms with Crippen LogP contribution in [0.15, 0.2) is 40.9 Å². The van der Waals surface area contributed by atoms with Gasteiger partial charge in [0.1, 0.15) is 11.2 Å². The summed E-state index contributed by atoms with van der Waals surface area (Å²) < 4.78 is 5.57. The van der Waals surface area contributed by atoms with E-state index in [9.17, 15) is 0 Å². The van der Waals surface area contributed by atoms with Gasteiger partial charge in [0.05, 0.1) is 0 Å². The van der Waals surface area contributed by atoms with Crippen LogP contribution in [0, 0.1) is 0 Å². The maximum Gasteiger partial charge on any atom is 0.244 e. The Labute approximate surface area is 90.7 Å². The fourth-order valence-electron chi connectivity index (χ4n) is 1.48. The number of nitrogens with one attached hydrogen (secondary N) is 1. The van der Waals surface area contributed by atoms with Crippen LogP contribution in [-0.4, -0.2) is 9.97 Å². The normalized spacial score (nSPS) is 11.0. The molecular formula is C11H7ClN2O. The van der Waals surface area contributed by atoms with Gasteiger partial charge in [-0.15, -0.1) is 0 Å².